The van der Waals surface area contributed by atoms with E-state index in [9.17, 15) is 4.79 Å². The SMILES string of the molecule is O=C(NCCCc1ncc[nH]1)c1cc(-c2ccsc2)n[nH]1. The second kappa shape index (κ2) is 6.36. The number of carbonyl (C=O) groups is 1. The van der Waals surface area contributed by atoms with Gasteiger partial charge in [-0.2, -0.15) is 16.4 Å². The molecular weight excluding hydrogens is 286 g/mol. The molecule has 0 aliphatic heterocycles. The van der Waals surface area contributed by atoms with Crippen molar-refractivity contribution < 1.29 is 4.79 Å². The molecule has 6 nitrogen and oxygen atoms in total. The molecular formula is C14H15N5OS. The van der Waals surface area contributed by atoms with Gasteiger partial charge < -0.3 is 10.3 Å². The summed E-state index contributed by atoms with van der Waals surface area (Å²) in [5, 5.41) is 13.8. The average molecular weight is 301 g/mol. The fraction of sp³-hybridized carbons (Fsp3) is 0.214. The van der Waals surface area contributed by atoms with Crippen LogP contribution in [0.3, 0.4) is 0 Å². The van der Waals surface area contributed by atoms with Gasteiger partial charge in [-0.3, -0.25) is 9.89 Å². The van der Waals surface area contributed by atoms with Crippen LogP contribution < -0.4 is 5.32 Å². The number of imidazole rings is 1. The van der Waals surface area contributed by atoms with E-state index in [1.54, 1.807) is 29.8 Å². The van der Waals surface area contributed by atoms with Gasteiger partial charge in [0.15, 0.2) is 0 Å². The molecule has 3 rings (SSSR count). The predicted molar refractivity (Wildman–Crippen MR) is 81.1 cm³/mol. The Morgan fingerprint density at radius 1 is 1.43 bits per heavy atom. The lowest BCUT2D eigenvalue weighted by Gasteiger charge is -2.02. The van der Waals surface area contributed by atoms with Crippen LogP contribution in [0.1, 0.15) is 22.7 Å². The third-order valence-corrected chi connectivity index (χ3v) is 3.75. The molecule has 0 unspecified atom stereocenters. The van der Waals surface area contributed by atoms with Gasteiger partial charge >= 0.3 is 0 Å². The number of nitrogens with zero attached hydrogens (tertiary/aromatic N) is 2. The number of carbonyl (C=O) groups excluding carboxylic acids is 1. The van der Waals surface area contributed by atoms with Crippen LogP contribution in [0, 0.1) is 0 Å². The normalized spacial score (nSPS) is 10.7. The van der Waals surface area contributed by atoms with E-state index in [1.807, 2.05) is 16.8 Å². The summed E-state index contributed by atoms with van der Waals surface area (Å²) in [6, 6.07) is 3.75. The highest BCUT2D eigenvalue weighted by Gasteiger charge is 2.10. The molecule has 1 amide bonds. The van der Waals surface area contributed by atoms with Crippen molar-refractivity contribution >= 4 is 17.2 Å². The Morgan fingerprint density at radius 2 is 2.38 bits per heavy atom. The van der Waals surface area contributed by atoms with Crippen LogP contribution in [0.4, 0.5) is 0 Å². The van der Waals surface area contributed by atoms with Crippen molar-refractivity contribution in [2.75, 3.05) is 6.54 Å². The van der Waals surface area contributed by atoms with Crippen LogP contribution in [0.25, 0.3) is 11.3 Å². The summed E-state index contributed by atoms with van der Waals surface area (Å²) in [4.78, 5) is 19.2. The maximum absolute atomic E-state index is 12.0. The fourth-order valence-corrected chi connectivity index (χ4v) is 2.63. The summed E-state index contributed by atoms with van der Waals surface area (Å²) in [6.07, 6.45) is 5.18. The van der Waals surface area contributed by atoms with Crippen LogP contribution in [-0.2, 0) is 6.42 Å². The number of H-pyrrole nitrogens is 2. The average Bonchev–Trinajstić information content (AvgIpc) is 3.25. The molecule has 3 heterocycles. The topological polar surface area (TPSA) is 86.5 Å². The molecule has 0 aromatic carbocycles. The second-order valence-corrected chi connectivity index (χ2v) is 5.35. The molecule has 3 aromatic heterocycles. The highest BCUT2D eigenvalue weighted by molar-refractivity contribution is 7.08. The van der Waals surface area contributed by atoms with E-state index in [4.69, 9.17) is 0 Å². The lowest BCUT2D eigenvalue weighted by atomic mass is 10.2. The van der Waals surface area contributed by atoms with E-state index >= 15 is 0 Å². The van der Waals surface area contributed by atoms with Crippen molar-refractivity contribution in [3.63, 3.8) is 0 Å². The predicted octanol–water partition coefficient (Wildman–Crippen LogP) is 2.22. The van der Waals surface area contributed by atoms with Crippen molar-refractivity contribution in [2.24, 2.45) is 0 Å². The molecule has 0 saturated heterocycles. The van der Waals surface area contributed by atoms with Gasteiger partial charge in [0.2, 0.25) is 0 Å². The molecule has 0 aliphatic rings. The monoisotopic (exact) mass is 301 g/mol. The van der Waals surface area contributed by atoms with Gasteiger partial charge in [0.1, 0.15) is 11.5 Å². The van der Waals surface area contributed by atoms with E-state index in [-0.39, 0.29) is 5.91 Å². The Morgan fingerprint density at radius 3 is 3.14 bits per heavy atom. The summed E-state index contributed by atoms with van der Waals surface area (Å²) < 4.78 is 0. The number of hydrogen-bond donors (Lipinski definition) is 3. The molecule has 0 fully saturated rings. The van der Waals surface area contributed by atoms with Crippen LogP contribution in [0.2, 0.25) is 0 Å². The van der Waals surface area contributed by atoms with Crippen LogP contribution in [-0.4, -0.2) is 32.6 Å². The first kappa shape index (κ1) is 13.6. The minimum Gasteiger partial charge on any atom is -0.351 e. The fourth-order valence-electron chi connectivity index (χ4n) is 1.98. The Balaban J connectivity index is 1.49. The van der Waals surface area contributed by atoms with E-state index in [2.05, 4.69) is 25.5 Å². The van der Waals surface area contributed by atoms with Crippen molar-refractivity contribution in [1.82, 2.24) is 25.5 Å². The summed E-state index contributed by atoms with van der Waals surface area (Å²) >= 11 is 1.60. The molecule has 0 aliphatic carbocycles. The van der Waals surface area contributed by atoms with E-state index < -0.39 is 0 Å². The zero-order valence-electron chi connectivity index (χ0n) is 11.3. The Kier molecular flexibility index (Phi) is 4.11. The Bertz CT molecular complexity index is 687. The minimum atomic E-state index is -0.136. The molecule has 21 heavy (non-hydrogen) atoms. The van der Waals surface area contributed by atoms with Gasteiger partial charge in [0.25, 0.3) is 5.91 Å². The van der Waals surface area contributed by atoms with E-state index in [0.717, 1.165) is 29.9 Å². The molecule has 3 aromatic rings. The molecule has 0 radical (unpaired) electrons. The van der Waals surface area contributed by atoms with Gasteiger partial charge in [-0.05, 0) is 23.9 Å². The Labute approximate surface area is 125 Å². The number of nitrogens with one attached hydrogen (secondary N) is 3. The third-order valence-electron chi connectivity index (χ3n) is 3.07. The van der Waals surface area contributed by atoms with Gasteiger partial charge in [-0.25, -0.2) is 4.98 Å². The minimum absolute atomic E-state index is 0.136. The number of amides is 1. The maximum atomic E-state index is 12.0. The summed E-state index contributed by atoms with van der Waals surface area (Å²) in [6.45, 7) is 0.604. The highest BCUT2D eigenvalue weighted by atomic mass is 32.1. The number of aryl methyl sites for hydroxylation is 1. The van der Waals surface area contributed by atoms with Gasteiger partial charge in [0.05, 0.1) is 5.69 Å². The van der Waals surface area contributed by atoms with Crippen molar-refractivity contribution in [1.29, 1.82) is 0 Å². The smallest absolute Gasteiger partial charge is 0.269 e. The highest BCUT2D eigenvalue weighted by Crippen LogP contribution is 2.20. The third kappa shape index (κ3) is 3.38. The molecule has 108 valence electrons. The maximum Gasteiger partial charge on any atom is 0.269 e. The van der Waals surface area contributed by atoms with Gasteiger partial charge in [-0.1, -0.05) is 0 Å². The number of rotatable bonds is 6. The largest absolute Gasteiger partial charge is 0.351 e. The van der Waals surface area contributed by atoms with E-state index in [1.165, 1.54) is 0 Å². The zero-order valence-corrected chi connectivity index (χ0v) is 12.1. The summed E-state index contributed by atoms with van der Waals surface area (Å²) in [5.74, 6) is 0.800. The molecule has 0 saturated carbocycles. The second-order valence-electron chi connectivity index (χ2n) is 4.57. The number of aromatic amines is 2. The number of hydrogen-bond acceptors (Lipinski definition) is 4. The zero-order chi connectivity index (χ0) is 14.5. The van der Waals surface area contributed by atoms with E-state index in [0.29, 0.717) is 12.2 Å². The molecule has 3 N–H and O–H groups in total. The van der Waals surface area contributed by atoms with Gasteiger partial charge in [-0.15, -0.1) is 0 Å². The van der Waals surface area contributed by atoms with Crippen LogP contribution >= 0.6 is 11.3 Å². The van der Waals surface area contributed by atoms with Crippen LogP contribution in [0.15, 0.2) is 35.3 Å². The first-order valence-electron chi connectivity index (χ1n) is 6.67. The number of aromatic nitrogens is 4. The van der Waals surface area contributed by atoms with Crippen LogP contribution in [0.5, 0.6) is 0 Å². The molecule has 0 spiro atoms. The summed E-state index contributed by atoms with van der Waals surface area (Å²) in [7, 11) is 0. The standard InChI is InChI=1S/C14H15N5OS/c20-14(17-4-1-2-13-15-5-6-16-13)12-8-11(18-19-12)10-3-7-21-9-10/h3,5-9H,1-2,4H2,(H,15,16)(H,17,20)(H,18,19). The molecule has 7 heteroatoms. The lowest BCUT2D eigenvalue weighted by Crippen LogP contribution is -2.25. The quantitative estimate of drug-likeness (QED) is 0.610. The lowest BCUT2D eigenvalue weighted by molar-refractivity contribution is 0.0948. The van der Waals surface area contributed by atoms with Gasteiger partial charge in [0, 0.05) is 36.3 Å². The molecule has 0 bridgehead atoms. The molecule has 0 atom stereocenters. The first-order chi connectivity index (χ1) is 10.3. The summed E-state index contributed by atoms with van der Waals surface area (Å²) in [5.41, 5.74) is 2.29. The van der Waals surface area contributed by atoms with Crippen molar-refractivity contribution in [3.8, 4) is 11.3 Å². The number of thiophene rings is 1. The van der Waals surface area contributed by atoms with Crippen molar-refractivity contribution in [3.05, 3.63) is 46.8 Å². The van der Waals surface area contributed by atoms with Crippen molar-refractivity contribution in [2.45, 2.75) is 12.8 Å². The Hall–Kier alpha value is -2.41. The first-order valence-corrected chi connectivity index (χ1v) is 7.61.